The molecule has 0 unspecified atom stereocenters. The van der Waals surface area contributed by atoms with E-state index in [9.17, 15) is 0 Å². The fraction of sp³-hybridized carbons (Fsp3) is 0.250. The molecule has 0 N–H and O–H groups in total. The number of rotatable bonds is 0. The van der Waals surface area contributed by atoms with Crippen molar-refractivity contribution in [3.8, 4) is 0 Å². The van der Waals surface area contributed by atoms with Crippen molar-refractivity contribution in [1.82, 2.24) is 19.1 Å². The first-order valence-corrected chi connectivity index (χ1v) is 7.20. The molecule has 4 nitrogen and oxygen atoms in total. The smallest absolute Gasteiger partial charge is 0.132 e. The summed E-state index contributed by atoms with van der Waals surface area (Å²) in [5.74, 6) is 0. The molecular formula is C8H9I3N4. The third-order valence-electron chi connectivity index (χ3n) is 1.50. The summed E-state index contributed by atoms with van der Waals surface area (Å²) in [4.78, 5) is 8.02. The lowest BCUT2D eigenvalue weighted by Gasteiger charge is -1.87. The maximum Gasteiger partial charge on any atom is 0.132 e. The van der Waals surface area contributed by atoms with Crippen molar-refractivity contribution in [2.75, 3.05) is 0 Å². The van der Waals surface area contributed by atoms with Gasteiger partial charge in [-0.05, 0) is 67.8 Å². The van der Waals surface area contributed by atoms with Crippen LogP contribution in [0.5, 0.6) is 0 Å². The van der Waals surface area contributed by atoms with Gasteiger partial charge in [0.25, 0.3) is 0 Å². The molecule has 2 aromatic heterocycles. The monoisotopic (exact) mass is 542 g/mol. The Kier molecular flexibility index (Phi) is 5.81. The van der Waals surface area contributed by atoms with Gasteiger partial charge in [0, 0.05) is 20.3 Å². The van der Waals surface area contributed by atoms with Crippen LogP contribution in [0, 0.1) is 11.1 Å². The summed E-state index contributed by atoms with van der Waals surface area (Å²) in [5.41, 5.74) is 0. The summed E-state index contributed by atoms with van der Waals surface area (Å²) in [6.07, 6.45) is 5.55. The van der Waals surface area contributed by atoms with E-state index in [0.29, 0.717) is 0 Å². The second kappa shape index (κ2) is 6.37. The fourth-order valence-electron chi connectivity index (χ4n) is 0.768. The lowest BCUT2D eigenvalue weighted by molar-refractivity contribution is 0.887. The van der Waals surface area contributed by atoms with E-state index in [1.165, 1.54) is 3.70 Å². The average Bonchev–Trinajstić information content (AvgIpc) is 2.68. The number of aromatic nitrogens is 4. The molecule has 7 heteroatoms. The Labute approximate surface area is 129 Å². The summed E-state index contributed by atoms with van der Waals surface area (Å²) < 4.78 is 7.22. The minimum absolute atomic E-state index is 1.04. The average molecular weight is 542 g/mol. The van der Waals surface area contributed by atoms with E-state index < -0.39 is 0 Å². The Bertz CT molecular complexity index is 399. The van der Waals surface area contributed by atoms with E-state index in [1.807, 2.05) is 35.8 Å². The van der Waals surface area contributed by atoms with Gasteiger partial charge in [0.05, 0.1) is 12.7 Å². The van der Waals surface area contributed by atoms with Gasteiger partial charge in [0.1, 0.15) is 11.1 Å². The van der Waals surface area contributed by atoms with Gasteiger partial charge in [0.15, 0.2) is 0 Å². The quantitative estimate of drug-likeness (QED) is 0.481. The van der Waals surface area contributed by atoms with Crippen LogP contribution in [0.15, 0.2) is 18.9 Å². The number of imidazole rings is 2. The molecule has 0 atom stereocenters. The Morgan fingerprint density at radius 2 is 1.73 bits per heavy atom. The molecule has 0 radical (unpaired) electrons. The van der Waals surface area contributed by atoms with E-state index in [1.54, 1.807) is 6.33 Å². The number of hydrogen-bond acceptors (Lipinski definition) is 2. The molecule has 0 aliphatic rings. The normalized spacial score (nSPS) is 9.67. The highest BCUT2D eigenvalue weighted by atomic mass is 127. The van der Waals surface area contributed by atoms with Crippen molar-refractivity contribution in [2.45, 2.75) is 0 Å². The zero-order valence-electron chi connectivity index (χ0n) is 8.15. The zero-order valence-corrected chi connectivity index (χ0v) is 14.6. The summed E-state index contributed by atoms with van der Waals surface area (Å²) in [7, 11) is 3.94. The molecule has 15 heavy (non-hydrogen) atoms. The largest absolute Gasteiger partial charge is 0.339 e. The van der Waals surface area contributed by atoms with Crippen LogP contribution in [0.3, 0.4) is 0 Å². The first-order chi connectivity index (χ1) is 7.00. The number of hydrogen-bond donors (Lipinski definition) is 0. The van der Waals surface area contributed by atoms with Crippen LogP contribution in [0.2, 0.25) is 0 Å². The van der Waals surface area contributed by atoms with E-state index in [2.05, 4.69) is 77.7 Å². The second-order valence-corrected chi connectivity index (χ2v) is 5.95. The van der Waals surface area contributed by atoms with Crippen LogP contribution < -0.4 is 0 Å². The van der Waals surface area contributed by atoms with Crippen molar-refractivity contribution in [3.05, 3.63) is 30.0 Å². The number of nitrogens with zero attached hydrogens (tertiary/aromatic N) is 4. The molecular weight excluding hydrogens is 533 g/mol. The highest BCUT2D eigenvalue weighted by molar-refractivity contribution is 14.1. The number of aryl methyl sites for hydroxylation is 2. The van der Waals surface area contributed by atoms with E-state index in [0.717, 1.165) is 7.40 Å². The molecule has 82 valence electrons. The van der Waals surface area contributed by atoms with E-state index >= 15 is 0 Å². The van der Waals surface area contributed by atoms with Crippen LogP contribution in [-0.4, -0.2) is 19.1 Å². The fourth-order valence-corrected chi connectivity index (χ4v) is 2.10. The predicted octanol–water partition coefficient (Wildman–Crippen LogP) is 2.65. The molecule has 0 aromatic carbocycles. The molecule has 2 aromatic rings. The van der Waals surface area contributed by atoms with Gasteiger partial charge >= 0.3 is 0 Å². The maximum absolute atomic E-state index is 4.06. The Morgan fingerprint density at radius 1 is 1.07 bits per heavy atom. The molecule has 0 saturated carbocycles. The molecule has 2 heterocycles. The van der Waals surface area contributed by atoms with Crippen LogP contribution in [-0.2, 0) is 14.1 Å². The van der Waals surface area contributed by atoms with Gasteiger partial charge in [-0.25, -0.2) is 9.97 Å². The lowest BCUT2D eigenvalue weighted by atomic mass is 10.9. The summed E-state index contributed by atoms with van der Waals surface area (Å²) in [6.45, 7) is 0. The summed E-state index contributed by atoms with van der Waals surface area (Å²) in [6, 6.07) is 0. The van der Waals surface area contributed by atoms with Crippen LogP contribution in [0.1, 0.15) is 0 Å². The Hall–Kier alpha value is 0.610. The zero-order chi connectivity index (χ0) is 11.4. The molecule has 2 rings (SSSR count). The minimum atomic E-state index is 1.04. The van der Waals surface area contributed by atoms with E-state index in [4.69, 9.17) is 0 Å². The summed E-state index contributed by atoms with van der Waals surface area (Å²) in [5, 5.41) is 0. The van der Waals surface area contributed by atoms with Crippen LogP contribution in [0.4, 0.5) is 0 Å². The van der Waals surface area contributed by atoms with Crippen molar-refractivity contribution in [3.63, 3.8) is 0 Å². The molecule has 0 saturated heterocycles. The Balaban J connectivity index is 0.000000151. The third kappa shape index (κ3) is 4.54. The van der Waals surface area contributed by atoms with Crippen LogP contribution in [0.25, 0.3) is 0 Å². The maximum atomic E-state index is 4.06. The van der Waals surface area contributed by atoms with Crippen molar-refractivity contribution in [2.24, 2.45) is 14.1 Å². The van der Waals surface area contributed by atoms with Gasteiger partial charge in [-0.3, -0.25) is 0 Å². The van der Waals surface area contributed by atoms with Gasteiger partial charge in [-0.15, -0.1) is 0 Å². The lowest BCUT2D eigenvalue weighted by Crippen LogP contribution is -1.86. The number of halogens is 3. The Morgan fingerprint density at radius 3 is 1.87 bits per heavy atom. The van der Waals surface area contributed by atoms with Gasteiger partial charge in [-0.2, -0.15) is 0 Å². The first-order valence-electron chi connectivity index (χ1n) is 3.96. The first kappa shape index (κ1) is 13.7. The van der Waals surface area contributed by atoms with Crippen LogP contribution >= 0.6 is 67.8 Å². The topological polar surface area (TPSA) is 35.6 Å². The molecule has 0 bridgehead atoms. The predicted molar refractivity (Wildman–Crippen MR) is 84.6 cm³/mol. The van der Waals surface area contributed by atoms with Gasteiger partial charge < -0.3 is 9.13 Å². The van der Waals surface area contributed by atoms with Gasteiger partial charge in [0.2, 0.25) is 0 Å². The molecule has 0 aliphatic heterocycles. The minimum Gasteiger partial charge on any atom is -0.339 e. The van der Waals surface area contributed by atoms with Crippen molar-refractivity contribution in [1.29, 1.82) is 0 Å². The molecule has 0 spiro atoms. The third-order valence-corrected chi connectivity index (χ3v) is 5.15. The SMILES string of the molecule is Cn1cnc(I)c1.Cn1cnc(I)c1I. The molecule has 0 aliphatic carbocycles. The standard InChI is InChI=1S/C4H4I2N2.C4H5IN2/c1-8-2-7-3(5)4(8)6;1-7-2-4(5)6-3-7/h2H,1H3;2-3H,1H3. The molecule has 0 amide bonds. The highest BCUT2D eigenvalue weighted by Gasteiger charge is 1.98. The van der Waals surface area contributed by atoms with E-state index in [-0.39, 0.29) is 0 Å². The highest BCUT2D eigenvalue weighted by Crippen LogP contribution is 2.10. The second-order valence-electron chi connectivity index (χ2n) is 2.80. The van der Waals surface area contributed by atoms with Crippen molar-refractivity contribution >= 4 is 67.8 Å². The molecule has 0 fully saturated rings. The summed E-state index contributed by atoms with van der Waals surface area (Å²) >= 11 is 6.63. The van der Waals surface area contributed by atoms with Crippen molar-refractivity contribution < 1.29 is 0 Å². The van der Waals surface area contributed by atoms with Gasteiger partial charge in [-0.1, -0.05) is 0 Å².